The van der Waals surface area contributed by atoms with Gasteiger partial charge in [-0.2, -0.15) is 0 Å². The molecule has 0 bridgehead atoms. The zero-order valence-corrected chi connectivity index (χ0v) is 9.03. The van der Waals surface area contributed by atoms with Crippen molar-refractivity contribution in [3.63, 3.8) is 0 Å². The van der Waals surface area contributed by atoms with Crippen molar-refractivity contribution in [3.05, 3.63) is 35.5 Å². The predicted octanol–water partition coefficient (Wildman–Crippen LogP) is 1.76. The molecule has 1 aromatic carbocycles. The van der Waals surface area contributed by atoms with Gasteiger partial charge in [-0.15, -0.1) is 0 Å². The summed E-state index contributed by atoms with van der Waals surface area (Å²) < 4.78 is 0. The minimum atomic E-state index is -0.908. The average Bonchev–Trinajstić information content (AvgIpc) is 2.60. The predicted molar refractivity (Wildman–Crippen MR) is 62.6 cm³/mol. The summed E-state index contributed by atoms with van der Waals surface area (Å²) in [7, 11) is 0. The van der Waals surface area contributed by atoms with Gasteiger partial charge < -0.3 is 15.8 Å². The summed E-state index contributed by atoms with van der Waals surface area (Å²) in [5.74, 6) is -0.908. The smallest absolute Gasteiger partial charge is 0.335 e. The normalized spacial score (nSPS) is 12.9. The first kappa shape index (κ1) is 10.7. The number of H-pyrrole nitrogens is 1. The molecule has 0 aliphatic heterocycles. The van der Waals surface area contributed by atoms with Gasteiger partial charge in [0.05, 0.1) is 5.56 Å². The quantitative estimate of drug-likeness (QED) is 0.734. The molecule has 0 aliphatic rings. The van der Waals surface area contributed by atoms with E-state index < -0.39 is 5.97 Å². The fourth-order valence-electron chi connectivity index (χ4n) is 1.83. The third-order valence-corrected chi connectivity index (χ3v) is 2.56. The number of carboxylic acid groups (broad SMARTS) is 1. The number of rotatable bonds is 3. The number of fused-ring (bicyclic) bond motifs is 1. The van der Waals surface area contributed by atoms with E-state index in [1.165, 1.54) is 0 Å². The second-order valence-electron chi connectivity index (χ2n) is 4.06. The fraction of sp³-hybridized carbons (Fsp3) is 0.250. The number of carbonyl (C=O) groups is 1. The number of hydrogen-bond donors (Lipinski definition) is 3. The van der Waals surface area contributed by atoms with Crippen LogP contribution in [0.5, 0.6) is 0 Å². The highest BCUT2D eigenvalue weighted by atomic mass is 16.4. The Balaban J connectivity index is 2.51. The Kier molecular flexibility index (Phi) is 2.66. The second kappa shape index (κ2) is 3.98. The minimum absolute atomic E-state index is 0.0625. The number of aromatic amines is 1. The van der Waals surface area contributed by atoms with E-state index >= 15 is 0 Å². The van der Waals surface area contributed by atoms with Gasteiger partial charge in [0.2, 0.25) is 0 Å². The maximum Gasteiger partial charge on any atom is 0.335 e. The summed E-state index contributed by atoms with van der Waals surface area (Å²) in [5.41, 5.74) is 8.05. The van der Waals surface area contributed by atoms with E-state index in [4.69, 9.17) is 10.8 Å². The molecule has 4 heteroatoms. The molecular weight excluding hydrogens is 204 g/mol. The van der Waals surface area contributed by atoms with Crippen molar-refractivity contribution >= 4 is 16.9 Å². The molecule has 16 heavy (non-hydrogen) atoms. The van der Waals surface area contributed by atoms with Crippen molar-refractivity contribution in [1.29, 1.82) is 0 Å². The summed E-state index contributed by atoms with van der Waals surface area (Å²) >= 11 is 0. The molecule has 0 amide bonds. The molecule has 4 N–H and O–H groups in total. The van der Waals surface area contributed by atoms with Crippen LogP contribution in [-0.4, -0.2) is 22.1 Å². The number of hydrogen-bond acceptors (Lipinski definition) is 2. The van der Waals surface area contributed by atoms with Gasteiger partial charge in [-0.3, -0.25) is 0 Å². The van der Waals surface area contributed by atoms with Gasteiger partial charge in [0.25, 0.3) is 0 Å². The summed E-state index contributed by atoms with van der Waals surface area (Å²) in [4.78, 5) is 14.0. The molecule has 2 rings (SSSR count). The van der Waals surface area contributed by atoms with E-state index in [9.17, 15) is 4.79 Å². The molecule has 0 radical (unpaired) electrons. The van der Waals surface area contributed by atoms with Crippen molar-refractivity contribution in [2.45, 2.75) is 19.4 Å². The number of nitrogens with one attached hydrogen (secondary N) is 1. The van der Waals surface area contributed by atoms with Crippen LogP contribution in [0.25, 0.3) is 10.9 Å². The monoisotopic (exact) mass is 218 g/mol. The van der Waals surface area contributed by atoms with Crippen molar-refractivity contribution < 1.29 is 9.90 Å². The van der Waals surface area contributed by atoms with Crippen molar-refractivity contribution in [2.75, 3.05) is 0 Å². The van der Waals surface area contributed by atoms with E-state index in [1.54, 1.807) is 18.2 Å². The molecule has 0 unspecified atom stereocenters. The Morgan fingerprint density at radius 2 is 2.31 bits per heavy atom. The van der Waals surface area contributed by atoms with Crippen molar-refractivity contribution in [3.8, 4) is 0 Å². The third kappa shape index (κ3) is 1.92. The Labute approximate surface area is 93.1 Å². The van der Waals surface area contributed by atoms with Crippen LogP contribution in [0, 0.1) is 0 Å². The van der Waals surface area contributed by atoms with Crippen molar-refractivity contribution in [1.82, 2.24) is 4.98 Å². The fourth-order valence-corrected chi connectivity index (χ4v) is 1.83. The van der Waals surface area contributed by atoms with E-state index in [-0.39, 0.29) is 6.04 Å². The summed E-state index contributed by atoms with van der Waals surface area (Å²) in [5, 5.41) is 9.86. The lowest BCUT2D eigenvalue weighted by atomic mass is 10.0. The zero-order chi connectivity index (χ0) is 11.7. The van der Waals surface area contributed by atoms with Crippen LogP contribution >= 0.6 is 0 Å². The number of aromatic carboxylic acids is 1. The first-order valence-electron chi connectivity index (χ1n) is 5.17. The number of aromatic nitrogens is 1. The van der Waals surface area contributed by atoms with E-state index in [0.717, 1.165) is 22.9 Å². The number of carboxylic acids is 1. The van der Waals surface area contributed by atoms with Gasteiger partial charge in [0, 0.05) is 23.1 Å². The first-order valence-corrected chi connectivity index (χ1v) is 5.17. The second-order valence-corrected chi connectivity index (χ2v) is 4.06. The van der Waals surface area contributed by atoms with Gasteiger partial charge in [0.1, 0.15) is 0 Å². The Morgan fingerprint density at radius 1 is 1.56 bits per heavy atom. The van der Waals surface area contributed by atoms with Crippen LogP contribution in [0.4, 0.5) is 0 Å². The lowest BCUT2D eigenvalue weighted by Crippen LogP contribution is -2.17. The molecule has 84 valence electrons. The van der Waals surface area contributed by atoms with E-state index in [1.807, 2.05) is 13.1 Å². The maximum absolute atomic E-state index is 10.9. The molecule has 4 nitrogen and oxygen atoms in total. The first-order chi connectivity index (χ1) is 7.58. The van der Waals surface area contributed by atoms with Crippen LogP contribution in [0.2, 0.25) is 0 Å². The van der Waals surface area contributed by atoms with Crippen LogP contribution in [0.3, 0.4) is 0 Å². The topological polar surface area (TPSA) is 79.1 Å². The largest absolute Gasteiger partial charge is 0.478 e. The molecular formula is C12H14N2O2. The maximum atomic E-state index is 10.9. The van der Waals surface area contributed by atoms with Gasteiger partial charge in [-0.25, -0.2) is 4.79 Å². The molecule has 1 aromatic heterocycles. The lowest BCUT2D eigenvalue weighted by molar-refractivity contribution is 0.0697. The molecule has 0 aliphatic carbocycles. The molecule has 0 fully saturated rings. The highest BCUT2D eigenvalue weighted by Gasteiger charge is 2.09. The molecule has 0 saturated carbocycles. The van der Waals surface area contributed by atoms with Gasteiger partial charge in [-0.05, 0) is 37.1 Å². The van der Waals surface area contributed by atoms with E-state index in [0.29, 0.717) is 5.56 Å². The average molecular weight is 218 g/mol. The molecule has 1 heterocycles. The number of nitrogens with two attached hydrogens (primary N) is 1. The summed E-state index contributed by atoms with van der Waals surface area (Å²) in [6, 6.07) is 5.12. The molecule has 1 atom stereocenters. The SMILES string of the molecule is C[C@@H](N)Cc1c[nH]c2ccc(C(=O)O)cc12. The molecule has 2 aromatic rings. The van der Waals surface area contributed by atoms with Crippen molar-refractivity contribution in [2.24, 2.45) is 5.73 Å². The van der Waals surface area contributed by atoms with Gasteiger partial charge in [-0.1, -0.05) is 0 Å². The molecule has 0 saturated heterocycles. The van der Waals surface area contributed by atoms with Gasteiger partial charge in [0.15, 0.2) is 0 Å². The van der Waals surface area contributed by atoms with Gasteiger partial charge >= 0.3 is 5.97 Å². The highest BCUT2D eigenvalue weighted by Crippen LogP contribution is 2.20. The van der Waals surface area contributed by atoms with Crippen LogP contribution in [-0.2, 0) is 6.42 Å². The standard InChI is InChI=1S/C12H14N2O2/c1-7(13)4-9-6-14-11-3-2-8(12(15)16)5-10(9)11/h2-3,5-7,14H,4,13H2,1H3,(H,15,16)/t7-/m1/s1. The Hall–Kier alpha value is -1.81. The Bertz CT molecular complexity index is 529. The lowest BCUT2D eigenvalue weighted by Gasteiger charge is -2.03. The summed E-state index contributed by atoms with van der Waals surface area (Å²) in [6.07, 6.45) is 2.63. The molecule has 0 spiro atoms. The Morgan fingerprint density at radius 3 is 2.94 bits per heavy atom. The minimum Gasteiger partial charge on any atom is -0.478 e. The van der Waals surface area contributed by atoms with Crippen LogP contribution < -0.4 is 5.73 Å². The number of benzene rings is 1. The van der Waals surface area contributed by atoms with Crippen LogP contribution in [0.1, 0.15) is 22.8 Å². The zero-order valence-electron chi connectivity index (χ0n) is 9.03. The van der Waals surface area contributed by atoms with E-state index in [2.05, 4.69) is 4.98 Å². The third-order valence-electron chi connectivity index (χ3n) is 2.56. The highest BCUT2D eigenvalue weighted by molar-refractivity contribution is 5.94. The summed E-state index contributed by atoms with van der Waals surface area (Å²) in [6.45, 7) is 1.93. The van der Waals surface area contributed by atoms with Crippen LogP contribution in [0.15, 0.2) is 24.4 Å².